The lowest BCUT2D eigenvalue weighted by molar-refractivity contribution is -0.850. The minimum Gasteiger partial charge on any atom is -0.465 e. The maximum absolute atomic E-state index is 13.0. The number of hydrogen-bond acceptors (Lipinski definition) is 3. The van der Waals surface area contributed by atoms with E-state index >= 15 is 0 Å². The van der Waals surface area contributed by atoms with Gasteiger partial charge in [0.15, 0.2) is 0 Å². The fraction of sp³-hybridized carbons (Fsp3) is 0.212. The van der Waals surface area contributed by atoms with E-state index in [0.29, 0.717) is 11.1 Å². The largest absolute Gasteiger partial charge is 0.465 e. The highest BCUT2D eigenvalue weighted by atomic mass is 16.5. The van der Waals surface area contributed by atoms with Gasteiger partial charge in [0.25, 0.3) is 5.91 Å². The number of benzene rings is 4. The zero-order valence-corrected chi connectivity index (χ0v) is 21.9. The Morgan fingerprint density at radius 3 is 2.37 bits per heavy atom. The van der Waals surface area contributed by atoms with Gasteiger partial charge in [-0.2, -0.15) is 0 Å². The predicted octanol–water partition coefficient (Wildman–Crippen LogP) is 5.29. The van der Waals surface area contributed by atoms with E-state index in [2.05, 4.69) is 35.6 Å². The molecule has 0 saturated carbocycles. The Kier molecular flexibility index (Phi) is 7.66. The van der Waals surface area contributed by atoms with Crippen LogP contribution in [0.2, 0.25) is 0 Å². The van der Waals surface area contributed by atoms with Crippen LogP contribution in [0.3, 0.4) is 0 Å². The first kappa shape index (κ1) is 25.4. The zero-order chi connectivity index (χ0) is 26.5. The van der Waals surface area contributed by atoms with Crippen LogP contribution in [-0.2, 0) is 17.7 Å². The number of aryl methyl sites for hydroxylation is 1. The molecule has 2 atom stereocenters. The summed E-state index contributed by atoms with van der Waals surface area (Å²) in [5.74, 6) is -0.376. The fourth-order valence-electron chi connectivity index (χ4n) is 5.29. The molecule has 5 heteroatoms. The molecule has 5 nitrogen and oxygen atoms in total. The molecule has 192 valence electrons. The van der Waals surface area contributed by atoms with Crippen LogP contribution in [0, 0.1) is 0 Å². The number of ether oxygens (including phenoxy) is 1. The molecule has 0 aliphatic carbocycles. The van der Waals surface area contributed by atoms with Gasteiger partial charge in [0.05, 0.1) is 25.3 Å². The summed E-state index contributed by atoms with van der Waals surface area (Å²) in [7, 11) is 1.39. The minimum absolute atomic E-state index is 0.0444. The van der Waals surface area contributed by atoms with Crippen molar-refractivity contribution in [3.8, 4) is 11.1 Å². The van der Waals surface area contributed by atoms with Crippen LogP contribution in [0.25, 0.3) is 11.1 Å². The SMILES string of the molecule is COC(=O)c1ccc(-c2ccccc2C[NH+]2CCCc3cc(C(=O)N[C@@H](C)c4ccccc4)ccc32)cc1. The van der Waals surface area contributed by atoms with E-state index in [1.165, 1.54) is 28.8 Å². The smallest absolute Gasteiger partial charge is 0.337 e. The van der Waals surface area contributed by atoms with Gasteiger partial charge in [-0.15, -0.1) is 0 Å². The van der Waals surface area contributed by atoms with Crippen molar-refractivity contribution >= 4 is 17.6 Å². The quantitative estimate of drug-likeness (QED) is 0.336. The number of amides is 1. The number of carbonyl (C=O) groups is 2. The summed E-state index contributed by atoms with van der Waals surface area (Å²) in [6.45, 7) is 3.90. The standard InChI is InChI=1S/C33H32N2O3/c1-23(24-9-4-3-5-10-24)34-32(36)28-18-19-31-27(21-28)12-8-20-35(31)22-29-11-6-7-13-30(29)25-14-16-26(17-15-25)33(37)38-2/h3-7,9-11,13-19,21,23H,8,12,20,22H2,1-2H3,(H,34,36)/p+1/t23-/m0/s1. The molecule has 1 aliphatic heterocycles. The van der Waals surface area contributed by atoms with Gasteiger partial charge in [0, 0.05) is 29.2 Å². The van der Waals surface area contributed by atoms with E-state index in [-0.39, 0.29) is 17.9 Å². The van der Waals surface area contributed by atoms with Crippen LogP contribution < -0.4 is 10.2 Å². The molecule has 0 fully saturated rings. The van der Waals surface area contributed by atoms with Crippen molar-refractivity contribution < 1.29 is 19.2 Å². The maximum Gasteiger partial charge on any atom is 0.337 e. The summed E-state index contributed by atoms with van der Waals surface area (Å²) in [6, 6.07) is 32.1. The van der Waals surface area contributed by atoms with E-state index in [9.17, 15) is 9.59 Å². The summed E-state index contributed by atoms with van der Waals surface area (Å²) < 4.78 is 4.83. The summed E-state index contributed by atoms with van der Waals surface area (Å²) in [4.78, 5) is 26.3. The highest BCUT2D eigenvalue weighted by Gasteiger charge is 2.25. The van der Waals surface area contributed by atoms with Gasteiger partial charge in [-0.05, 0) is 54.3 Å². The molecule has 0 spiro atoms. The number of methoxy groups -OCH3 is 1. The van der Waals surface area contributed by atoms with Crippen molar-refractivity contribution in [2.75, 3.05) is 13.7 Å². The van der Waals surface area contributed by atoms with Gasteiger partial charge < -0.3 is 10.1 Å². The molecule has 4 aromatic carbocycles. The summed E-state index contributed by atoms with van der Waals surface area (Å²) in [5.41, 5.74) is 8.33. The number of hydrogen-bond donors (Lipinski definition) is 2. The number of carbonyl (C=O) groups excluding carboxylic acids is 2. The van der Waals surface area contributed by atoms with E-state index < -0.39 is 0 Å². The maximum atomic E-state index is 13.0. The van der Waals surface area contributed by atoms with Gasteiger partial charge in [-0.1, -0.05) is 66.7 Å². The molecule has 5 rings (SSSR count). The number of rotatable bonds is 7. The third-order valence-corrected chi connectivity index (χ3v) is 7.36. The molecular weight excluding hydrogens is 472 g/mol. The van der Waals surface area contributed by atoms with Crippen molar-refractivity contribution in [1.82, 2.24) is 5.32 Å². The first-order valence-electron chi connectivity index (χ1n) is 13.1. The minimum atomic E-state index is -0.332. The average molecular weight is 506 g/mol. The number of esters is 1. The number of nitrogens with one attached hydrogen (secondary N) is 2. The van der Waals surface area contributed by atoms with E-state index in [4.69, 9.17) is 4.74 Å². The van der Waals surface area contributed by atoms with Gasteiger partial charge in [-0.3, -0.25) is 9.69 Å². The second kappa shape index (κ2) is 11.4. The lowest BCUT2D eigenvalue weighted by atomic mass is 9.95. The van der Waals surface area contributed by atoms with Crippen LogP contribution in [-0.4, -0.2) is 25.5 Å². The lowest BCUT2D eigenvalue weighted by Gasteiger charge is -2.27. The first-order chi connectivity index (χ1) is 18.5. The molecule has 0 aromatic heterocycles. The molecular formula is C33H33N2O3+. The normalized spacial score (nSPS) is 15.3. The van der Waals surface area contributed by atoms with Crippen LogP contribution in [0.15, 0.2) is 97.1 Å². The Morgan fingerprint density at radius 2 is 1.61 bits per heavy atom. The summed E-state index contributed by atoms with van der Waals surface area (Å²) in [5, 5.41) is 3.14. The molecule has 1 unspecified atom stereocenters. The topological polar surface area (TPSA) is 59.8 Å². The van der Waals surface area contributed by atoms with Crippen molar-refractivity contribution in [3.05, 3.63) is 125 Å². The van der Waals surface area contributed by atoms with E-state index in [1.807, 2.05) is 73.7 Å². The molecule has 1 amide bonds. The lowest BCUT2D eigenvalue weighted by Crippen LogP contribution is -3.06. The third-order valence-electron chi connectivity index (χ3n) is 7.36. The molecule has 0 saturated heterocycles. The molecule has 1 aliphatic rings. The van der Waals surface area contributed by atoms with Crippen molar-refractivity contribution in [3.63, 3.8) is 0 Å². The fourth-order valence-corrected chi connectivity index (χ4v) is 5.29. The zero-order valence-electron chi connectivity index (χ0n) is 21.9. The van der Waals surface area contributed by atoms with E-state index in [0.717, 1.165) is 42.6 Å². The van der Waals surface area contributed by atoms with Crippen molar-refractivity contribution in [2.24, 2.45) is 0 Å². The molecule has 38 heavy (non-hydrogen) atoms. The van der Waals surface area contributed by atoms with Crippen LogP contribution in [0.1, 0.15) is 56.8 Å². The van der Waals surface area contributed by atoms with Gasteiger partial charge in [0.2, 0.25) is 0 Å². The van der Waals surface area contributed by atoms with Gasteiger partial charge in [-0.25, -0.2) is 4.79 Å². The summed E-state index contributed by atoms with van der Waals surface area (Å²) >= 11 is 0. The highest BCUT2D eigenvalue weighted by Crippen LogP contribution is 2.26. The third kappa shape index (κ3) is 5.53. The Bertz CT molecular complexity index is 1430. The number of fused-ring (bicyclic) bond motifs is 1. The Morgan fingerprint density at radius 1 is 0.895 bits per heavy atom. The molecule has 0 bridgehead atoms. The van der Waals surface area contributed by atoms with Gasteiger partial charge in [0.1, 0.15) is 12.2 Å². The molecule has 1 heterocycles. The van der Waals surface area contributed by atoms with Gasteiger partial charge >= 0.3 is 5.97 Å². The second-order valence-corrected chi connectivity index (χ2v) is 9.84. The Hall–Kier alpha value is -4.22. The molecule has 4 aromatic rings. The van der Waals surface area contributed by atoms with Crippen LogP contribution in [0.4, 0.5) is 5.69 Å². The Balaban J connectivity index is 1.34. The number of quaternary nitrogens is 1. The monoisotopic (exact) mass is 505 g/mol. The van der Waals surface area contributed by atoms with E-state index in [1.54, 1.807) is 0 Å². The van der Waals surface area contributed by atoms with Crippen LogP contribution in [0.5, 0.6) is 0 Å². The molecule has 2 N–H and O–H groups in total. The average Bonchev–Trinajstić information content (AvgIpc) is 2.97. The highest BCUT2D eigenvalue weighted by molar-refractivity contribution is 5.95. The van der Waals surface area contributed by atoms with Crippen molar-refractivity contribution in [1.29, 1.82) is 0 Å². The summed E-state index contributed by atoms with van der Waals surface area (Å²) in [6.07, 6.45) is 2.05. The molecule has 0 radical (unpaired) electrons. The second-order valence-electron chi connectivity index (χ2n) is 9.84. The first-order valence-corrected chi connectivity index (χ1v) is 13.1. The van der Waals surface area contributed by atoms with Crippen LogP contribution >= 0.6 is 0 Å². The predicted molar refractivity (Wildman–Crippen MR) is 149 cm³/mol. The van der Waals surface area contributed by atoms with Crippen molar-refractivity contribution in [2.45, 2.75) is 32.4 Å². The Labute approximate surface area is 224 Å².